The fourth-order valence-corrected chi connectivity index (χ4v) is 3.54. The molecule has 0 aromatic heterocycles. The van der Waals surface area contributed by atoms with Crippen molar-refractivity contribution < 1.29 is 0 Å². The van der Waals surface area contributed by atoms with Gasteiger partial charge in [-0.3, -0.25) is 9.80 Å². The van der Waals surface area contributed by atoms with Gasteiger partial charge in [0.1, 0.15) is 0 Å². The average Bonchev–Trinajstić information content (AvgIpc) is 2.56. The Morgan fingerprint density at radius 1 is 0.583 bits per heavy atom. The van der Waals surface area contributed by atoms with E-state index < -0.39 is 0 Å². The number of hydrogen-bond donors (Lipinski definition) is 0. The molecule has 24 heavy (non-hydrogen) atoms. The lowest BCUT2D eigenvalue weighted by Gasteiger charge is -2.34. The van der Waals surface area contributed by atoms with Crippen molar-refractivity contribution in [1.29, 1.82) is 0 Å². The summed E-state index contributed by atoms with van der Waals surface area (Å²) >= 11 is 24.1. The van der Waals surface area contributed by atoms with Crippen LogP contribution in [0.25, 0.3) is 0 Å². The first-order valence-corrected chi connectivity index (χ1v) is 9.35. The largest absolute Gasteiger partial charge is 0.297 e. The molecule has 0 radical (unpaired) electrons. The Labute approximate surface area is 162 Å². The highest BCUT2D eigenvalue weighted by Crippen LogP contribution is 2.25. The van der Waals surface area contributed by atoms with Gasteiger partial charge in [0, 0.05) is 39.3 Å². The molecule has 1 aliphatic heterocycles. The highest BCUT2D eigenvalue weighted by atomic mass is 35.5. The van der Waals surface area contributed by atoms with Crippen molar-refractivity contribution in [2.75, 3.05) is 26.2 Å². The van der Waals surface area contributed by atoms with Gasteiger partial charge in [0.15, 0.2) is 0 Å². The summed E-state index contributed by atoms with van der Waals surface area (Å²) in [6.45, 7) is 5.92. The van der Waals surface area contributed by atoms with Crippen LogP contribution in [-0.2, 0) is 13.1 Å². The Morgan fingerprint density at radius 2 is 0.958 bits per heavy atom. The van der Waals surface area contributed by atoms with Gasteiger partial charge in [0.25, 0.3) is 0 Å². The Bertz CT molecular complexity index is 651. The maximum Gasteiger partial charge on any atom is 0.0595 e. The summed E-state index contributed by atoms with van der Waals surface area (Å²) in [6, 6.07) is 11.7. The molecule has 1 saturated heterocycles. The predicted octanol–water partition coefficient (Wildman–Crippen LogP) is 5.62. The van der Waals surface area contributed by atoms with Crippen molar-refractivity contribution in [1.82, 2.24) is 9.80 Å². The first-order chi connectivity index (χ1) is 11.5. The summed E-state index contributed by atoms with van der Waals surface area (Å²) in [5.41, 5.74) is 2.39. The standard InChI is InChI=1S/C18H18Cl4N2/c19-15-3-1-13(9-17(15)21)11-23-5-7-24(8-6-23)12-14-2-4-16(20)18(22)10-14/h1-4,9-10H,5-8,11-12H2. The number of halogens is 4. The molecule has 0 bridgehead atoms. The van der Waals surface area contributed by atoms with Crippen LogP contribution in [0.4, 0.5) is 0 Å². The van der Waals surface area contributed by atoms with E-state index in [0.29, 0.717) is 20.1 Å². The van der Waals surface area contributed by atoms with Crippen molar-refractivity contribution in [3.63, 3.8) is 0 Å². The zero-order valence-corrected chi connectivity index (χ0v) is 16.1. The van der Waals surface area contributed by atoms with Gasteiger partial charge in [0.2, 0.25) is 0 Å². The van der Waals surface area contributed by atoms with Gasteiger partial charge in [-0.1, -0.05) is 58.5 Å². The van der Waals surface area contributed by atoms with Crippen molar-refractivity contribution >= 4 is 46.4 Å². The van der Waals surface area contributed by atoms with E-state index in [-0.39, 0.29) is 0 Å². The molecule has 0 aliphatic carbocycles. The molecule has 0 amide bonds. The third-order valence-electron chi connectivity index (χ3n) is 4.25. The van der Waals surface area contributed by atoms with Gasteiger partial charge in [-0.05, 0) is 35.4 Å². The molecule has 0 saturated carbocycles. The topological polar surface area (TPSA) is 6.48 Å². The van der Waals surface area contributed by atoms with Crippen LogP contribution in [0.2, 0.25) is 20.1 Å². The molecule has 0 spiro atoms. The molecular weight excluding hydrogens is 386 g/mol. The highest BCUT2D eigenvalue weighted by Gasteiger charge is 2.17. The molecule has 1 heterocycles. The molecule has 1 aliphatic rings. The third kappa shape index (κ3) is 4.78. The lowest BCUT2D eigenvalue weighted by atomic mass is 10.1. The van der Waals surface area contributed by atoms with Gasteiger partial charge < -0.3 is 0 Å². The lowest BCUT2D eigenvalue weighted by molar-refractivity contribution is 0.122. The Balaban J connectivity index is 1.51. The predicted molar refractivity (Wildman–Crippen MR) is 103 cm³/mol. The molecule has 128 valence electrons. The van der Waals surface area contributed by atoms with E-state index in [1.54, 1.807) is 0 Å². The molecular formula is C18H18Cl4N2. The van der Waals surface area contributed by atoms with Crippen LogP contribution < -0.4 is 0 Å². The zero-order chi connectivity index (χ0) is 17.1. The second-order valence-corrected chi connectivity index (χ2v) is 7.68. The lowest BCUT2D eigenvalue weighted by Crippen LogP contribution is -2.45. The van der Waals surface area contributed by atoms with Crippen molar-refractivity contribution in [3.8, 4) is 0 Å². The van der Waals surface area contributed by atoms with Crippen LogP contribution in [0.15, 0.2) is 36.4 Å². The molecule has 2 nitrogen and oxygen atoms in total. The van der Waals surface area contributed by atoms with Crippen molar-refractivity contribution in [2.24, 2.45) is 0 Å². The van der Waals surface area contributed by atoms with E-state index in [2.05, 4.69) is 9.80 Å². The molecule has 1 fully saturated rings. The number of nitrogens with zero attached hydrogens (tertiary/aromatic N) is 2. The van der Waals surface area contributed by atoms with E-state index in [0.717, 1.165) is 39.3 Å². The van der Waals surface area contributed by atoms with Gasteiger partial charge in [0.05, 0.1) is 20.1 Å². The summed E-state index contributed by atoms with van der Waals surface area (Å²) in [4.78, 5) is 4.87. The molecule has 2 aromatic rings. The molecule has 0 atom stereocenters. The fraction of sp³-hybridized carbons (Fsp3) is 0.333. The van der Waals surface area contributed by atoms with Crippen LogP contribution in [0.5, 0.6) is 0 Å². The molecule has 3 rings (SSSR count). The highest BCUT2D eigenvalue weighted by molar-refractivity contribution is 6.42. The van der Waals surface area contributed by atoms with Crippen LogP contribution >= 0.6 is 46.4 Å². The monoisotopic (exact) mass is 402 g/mol. The van der Waals surface area contributed by atoms with Gasteiger partial charge in [-0.2, -0.15) is 0 Å². The van der Waals surface area contributed by atoms with Crippen LogP contribution in [0, 0.1) is 0 Å². The Hall–Kier alpha value is -0.480. The number of hydrogen-bond acceptors (Lipinski definition) is 2. The second-order valence-electron chi connectivity index (χ2n) is 6.05. The third-order valence-corrected chi connectivity index (χ3v) is 5.72. The van der Waals surface area contributed by atoms with E-state index in [1.165, 1.54) is 11.1 Å². The maximum atomic E-state index is 6.09. The van der Waals surface area contributed by atoms with Gasteiger partial charge in [-0.15, -0.1) is 0 Å². The van der Waals surface area contributed by atoms with Crippen molar-refractivity contribution in [3.05, 3.63) is 67.6 Å². The summed E-state index contributed by atoms with van der Waals surface area (Å²) in [6.07, 6.45) is 0. The number of piperazine rings is 1. The Morgan fingerprint density at radius 3 is 1.29 bits per heavy atom. The summed E-state index contributed by atoms with van der Waals surface area (Å²) in [5, 5.41) is 2.44. The minimum absolute atomic E-state index is 0.604. The molecule has 6 heteroatoms. The molecule has 0 unspecified atom stereocenters. The summed E-state index contributed by atoms with van der Waals surface area (Å²) in [7, 11) is 0. The smallest absolute Gasteiger partial charge is 0.0595 e. The van der Waals surface area contributed by atoms with E-state index >= 15 is 0 Å². The Kier molecular flexibility index (Phi) is 6.31. The van der Waals surface area contributed by atoms with E-state index in [4.69, 9.17) is 46.4 Å². The number of rotatable bonds is 4. The normalized spacial score (nSPS) is 16.5. The van der Waals surface area contributed by atoms with E-state index in [9.17, 15) is 0 Å². The number of benzene rings is 2. The van der Waals surface area contributed by atoms with Gasteiger partial charge in [-0.25, -0.2) is 0 Å². The molecule has 2 aromatic carbocycles. The summed E-state index contributed by atoms with van der Waals surface area (Å²) < 4.78 is 0. The van der Waals surface area contributed by atoms with Gasteiger partial charge >= 0.3 is 0 Å². The van der Waals surface area contributed by atoms with Crippen LogP contribution in [0.1, 0.15) is 11.1 Å². The van der Waals surface area contributed by atoms with E-state index in [1.807, 2.05) is 36.4 Å². The van der Waals surface area contributed by atoms with Crippen molar-refractivity contribution in [2.45, 2.75) is 13.1 Å². The van der Waals surface area contributed by atoms with Crippen LogP contribution in [-0.4, -0.2) is 36.0 Å². The minimum Gasteiger partial charge on any atom is -0.297 e. The fourth-order valence-electron chi connectivity index (χ4n) is 2.90. The first kappa shape index (κ1) is 18.3. The SMILES string of the molecule is Clc1ccc(CN2CCN(Cc3ccc(Cl)c(Cl)c3)CC2)cc1Cl. The van der Waals surface area contributed by atoms with Crippen LogP contribution in [0.3, 0.4) is 0 Å². The average molecular weight is 404 g/mol. The second kappa shape index (κ2) is 8.27. The quantitative estimate of drug-likeness (QED) is 0.653. The first-order valence-electron chi connectivity index (χ1n) is 7.84. The summed E-state index contributed by atoms with van der Waals surface area (Å²) in [5.74, 6) is 0. The molecule has 0 N–H and O–H groups in total. The minimum atomic E-state index is 0.604. The maximum absolute atomic E-state index is 6.09. The zero-order valence-electron chi connectivity index (χ0n) is 13.1.